The van der Waals surface area contributed by atoms with Gasteiger partial charge in [0.2, 0.25) is 0 Å². The monoisotopic (exact) mass is 205 g/mol. The molecule has 15 heavy (non-hydrogen) atoms. The Labute approximate surface area is 85.5 Å². The van der Waals surface area contributed by atoms with Crippen molar-refractivity contribution in [3.8, 4) is 5.75 Å². The Morgan fingerprint density at radius 2 is 1.80 bits per heavy atom. The lowest BCUT2D eigenvalue weighted by atomic mass is 10.3. The summed E-state index contributed by atoms with van der Waals surface area (Å²) in [6, 6.07) is 6.64. The van der Waals surface area contributed by atoms with E-state index in [2.05, 4.69) is 10.2 Å². The summed E-state index contributed by atoms with van der Waals surface area (Å²) in [7, 11) is 1.45. The molecular weight excluding hydrogens is 198 g/mol. The summed E-state index contributed by atoms with van der Waals surface area (Å²) < 4.78 is 5.00. The van der Waals surface area contributed by atoms with Gasteiger partial charge in [0.1, 0.15) is 11.4 Å². The molecule has 1 aromatic rings. The number of hydrogen-bond acceptors (Lipinski definition) is 6. The van der Waals surface area contributed by atoms with Crippen LogP contribution in [0.3, 0.4) is 0 Å². The predicted molar refractivity (Wildman–Crippen MR) is 51.7 cm³/mol. The lowest BCUT2D eigenvalue weighted by Gasteiger charge is -2.11. The molecule has 0 fully saturated rings. The van der Waals surface area contributed by atoms with Crippen LogP contribution >= 0.6 is 0 Å². The molecule has 0 aliphatic heterocycles. The van der Waals surface area contributed by atoms with E-state index in [1.165, 1.54) is 19.3 Å². The maximum Gasteiger partial charge on any atom is 0.260 e. The summed E-state index contributed by atoms with van der Waals surface area (Å²) in [5.74, 6) is 0.426. The molecule has 0 atom stereocenters. The first-order valence-corrected chi connectivity index (χ1v) is 3.92. The van der Waals surface area contributed by atoms with Gasteiger partial charge >= 0.3 is 0 Å². The van der Waals surface area contributed by atoms with E-state index < -0.39 is 0 Å². The molecule has 0 radical (unpaired) electrons. The van der Waals surface area contributed by atoms with E-state index in [0.29, 0.717) is 11.4 Å². The van der Waals surface area contributed by atoms with Crippen molar-refractivity contribution < 1.29 is 14.3 Å². The van der Waals surface area contributed by atoms with Gasteiger partial charge in [0, 0.05) is 0 Å². The van der Waals surface area contributed by atoms with Crippen molar-refractivity contribution in [3.63, 3.8) is 0 Å². The van der Waals surface area contributed by atoms with Gasteiger partial charge in [-0.3, -0.25) is 0 Å². The number of carbonyl (C=O) groups excluding carboxylic acids is 2. The van der Waals surface area contributed by atoms with Crippen LogP contribution in [0.15, 0.2) is 34.5 Å². The van der Waals surface area contributed by atoms with Gasteiger partial charge in [0.15, 0.2) is 0 Å². The fourth-order valence-electron chi connectivity index (χ4n) is 1.00. The molecule has 0 bridgehead atoms. The molecule has 76 valence electrons. The van der Waals surface area contributed by atoms with Gasteiger partial charge < -0.3 is 4.74 Å². The Kier molecular flexibility index (Phi) is 3.79. The van der Waals surface area contributed by atoms with Gasteiger partial charge in [0.05, 0.1) is 7.11 Å². The smallest absolute Gasteiger partial charge is 0.260 e. The van der Waals surface area contributed by atoms with E-state index in [0.717, 1.165) is 5.12 Å². The van der Waals surface area contributed by atoms with E-state index in [9.17, 15) is 9.59 Å². The number of isocyanates is 2. The van der Waals surface area contributed by atoms with Crippen LogP contribution in [0.4, 0.5) is 5.69 Å². The third-order valence-corrected chi connectivity index (χ3v) is 1.57. The second-order valence-corrected chi connectivity index (χ2v) is 2.34. The van der Waals surface area contributed by atoms with Gasteiger partial charge in [-0.1, -0.05) is 22.3 Å². The molecule has 0 aliphatic rings. The minimum absolute atomic E-state index is 0.353. The molecule has 1 rings (SSSR count). The quantitative estimate of drug-likeness (QED) is 0.417. The lowest BCUT2D eigenvalue weighted by molar-refractivity contribution is 0.414. The first kappa shape index (κ1) is 10.7. The number of para-hydroxylation sites is 2. The molecule has 0 aromatic heterocycles. The molecule has 6 heteroatoms. The Bertz CT molecular complexity index is 416. The number of hydrazone groups is 2. The summed E-state index contributed by atoms with van der Waals surface area (Å²) in [5.41, 5.74) is 0.353. The molecule has 0 aliphatic carbocycles. The molecule has 0 saturated carbocycles. The van der Waals surface area contributed by atoms with Crippen molar-refractivity contribution in [2.75, 3.05) is 12.2 Å². The van der Waals surface area contributed by atoms with Crippen molar-refractivity contribution in [2.24, 2.45) is 10.2 Å². The standard InChI is InChI=1S/C9H7N3O3/c1-15-9-5-3-2-4-8(9)12(10-6-13)11-7-14/h2-5H,1H3. The first-order chi connectivity index (χ1) is 7.33. The summed E-state index contributed by atoms with van der Waals surface area (Å²) in [6.45, 7) is 0. The Hall–Kier alpha value is -2.42. The first-order valence-electron chi connectivity index (χ1n) is 3.92. The minimum atomic E-state index is 0.353. The van der Waals surface area contributed by atoms with E-state index in [4.69, 9.17) is 4.74 Å². The van der Waals surface area contributed by atoms with Crippen molar-refractivity contribution in [1.29, 1.82) is 0 Å². The number of hydrogen-bond donors (Lipinski definition) is 0. The van der Waals surface area contributed by atoms with Crippen LogP contribution in [0.25, 0.3) is 0 Å². The van der Waals surface area contributed by atoms with E-state index in [-0.39, 0.29) is 0 Å². The summed E-state index contributed by atoms with van der Waals surface area (Å²) >= 11 is 0. The molecule has 0 spiro atoms. The van der Waals surface area contributed by atoms with E-state index >= 15 is 0 Å². The van der Waals surface area contributed by atoms with Crippen molar-refractivity contribution in [3.05, 3.63) is 24.3 Å². The highest BCUT2D eigenvalue weighted by atomic mass is 16.5. The van der Waals surface area contributed by atoms with Crippen LogP contribution in [0, 0.1) is 0 Å². The summed E-state index contributed by atoms with van der Waals surface area (Å²) in [4.78, 5) is 20.2. The number of benzene rings is 1. The number of rotatable bonds is 4. The summed E-state index contributed by atoms with van der Waals surface area (Å²) in [6.07, 6.45) is 2.55. The minimum Gasteiger partial charge on any atom is -0.494 e. The Balaban J connectivity index is 3.20. The predicted octanol–water partition coefficient (Wildman–Crippen LogP) is 1.00. The van der Waals surface area contributed by atoms with Gasteiger partial charge in [0.25, 0.3) is 12.2 Å². The molecule has 6 nitrogen and oxygen atoms in total. The maximum absolute atomic E-state index is 10.1. The largest absolute Gasteiger partial charge is 0.494 e. The molecule has 0 N–H and O–H groups in total. The van der Waals surface area contributed by atoms with E-state index in [1.807, 2.05) is 0 Å². The zero-order valence-corrected chi connectivity index (χ0v) is 7.88. The topological polar surface area (TPSA) is 71.3 Å². The van der Waals surface area contributed by atoms with Gasteiger partial charge in [-0.05, 0) is 12.1 Å². The van der Waals surface area contributed by atoms with Gasteiger partial charge in [-0.25, -0.2) is 9.59 Å². The highest BCUT2D eigenvalue weighted by Crippen LogP contribution is 2.27. The second-order valence-electron chi connectivity index (χ2n) is 2.34. The average molecular weight is 205 g/mol. The van der Waals surface area contributed by atoms with Crippen LogP contribution < -0.4 is 9.85 Å². The fraction of sp³-hybridized carbons (Fsp3) is 0.111. The highest BCUT2D eigenvalue weighted by Gasteiger charge is 2.09. The lowest BCUT2D eigenvalue weighted by Crippen LogP contribution is -2.08. The highest BCUT2D eigenvalue weighted by molar-refractivity contribution is 5.60. The van der Waals surface area contributed by atoms with Crippen LogP contribution in [0.2, 0.25) is 0 Å². The molecular formula is C9H7N3O3. The third kappa shape index (κ3) is 2.51. The Morgan fingerprint density at radius 1 is 1.20 bits per heavy atom. The fourth-order valence-corrected chi connectivity index (χ4v) is 1.00. The van der Waals surface area contributed by atoms with Crippen molar-refractivity contribution >= 4 is 17.8 Å². The molecule has 1 aromatic carbocycles. The molecule has 0 unspecified atom stereocenters. The van der Waals surface area contributed by atoms with Crippen LogP contribution in [0.1, 0.15) is 0 Å². The zero-order chi connectivity index (χ0) is 11.1. The van der Waals surface area contributed by atoms with Crippen LogP contribution in [0.5, 0.6) is 5.75 Å². The molecule has 0 heterocycles. The second kappa shape index (κ2) is 5.34. The number of anilines is 1. The van der Waals surface area contributed by atoms with Crippen LogP contribution in [-0.2, 0) is 9.59 Å². The SMILES string of the molecule is COc1ccccc1N(N=C=O)N=C=O. The number of ether oxygens (including phenoxy) is 1. The Morgan fingerprint density at radius 3 is 2.33 bits per heavy atom. The normalized spacial score (nSPS) is 8.33. The summed E-state index contributed by atoms with van der Waals surface area (Å²) in [5, 5.41) is 7.21. The van der Waals surface area contributed by atoms with E-state index in [1.54, 1.807) is 24.3 Å². The van der Waals surface area contributed by atoms with Crippen molar-refractivity contribution in [1.82, 2.24) is 0 Å². The van der Waals surface area contributed by atoms with Crippen LogP contribution in [-0.4, -0.2) is 19.3 Å². The molecule has 0 amide bonds. The third-order valence-electron chi connectivity index (χ3n) is 1.57. The number of nitrogens with zero attached hydrogens (tertiary/aromatic N) is 3. The maximum atomic E-state index is 10.1. The zero-order valence-electron chi connectivity index (χ0n) is 7.88. The number of methoxy groups -OCH3 is 1. The van der Waals surface area contributed by atoms with Gasteiger partial charge in [-0.2, -0.15) is 0 Å². The van der Waals surface area contributed by atoms with Crippen molar-refractivity contribution in [2.45, 2.75) is 0 Å². The van der Waals surface area contributed by atoms with Gasteiger partial charge in [-0.15, -0.1) is 5.12 Å². The molecule has 0 saturated heterocycles. The average Bonchev–Trinajstić information content (AvgIpc) is 2.29.